The first-order valence-corrected chi connectivity index (χ1v) is 4.34. The molecule has 0 amide bonds. The molecule has 1 atom stereocenters. The van der Waals surface area contributed by atoms with E-state index in [0.717, 1.165) is 36.6 Å². The maximum absolute atomic E-state index is 5.17. The van der Waals surface area contributed by atoms with Crippen molar-refractivity contribution in [3.8, 4) is 5.88 Å². The number of hydrogen-bond donors (Lipinski definition) is 1. The molecule has 0 bridgehead atoms. The van der Waals surface area contributed by atoms with Crippen LogP contribution < -0.4 is 9.64 Å². The van der Waals surface area contributed by atoms with Crippen molar-refractivity contribution in [2.24, 2.45) is 0 Å². The molecule has 1 unspecified atom stereocenters. The van der Waals surface area contributed by atoms with Gasteiger partial charge in [0.15, 0.2) is 0 Å². The highest BCUT2D eigenvalue weighted by atomic mass is 16.5. The van der Waals surface area contributed by atoms with Crippen LogP contribution in [0.4, 0.5) is 0 Å². The van der Waals surface area contributed by atoms with Crippen LogP contribution in [-0.4, -0.2) is 23.6 Å². The molecule has 1 aliphatic heterocycles. The Morgan fingerprint density at radius 3 is 3.15 bits per heavy atom. The minimum Gasteiger partial charge on any atom is -0.481 e. The van der Waals surface area contributed by atoms with Gasteiger partial charge in [-0.3, -0.25) is 0 Å². The van der Waals surface area contributed by atoms with E-state index in [1.165, 1.54) is 4.90 Å². The molecular formula is C9H13N3O. The summed E-state index contributed by atoms with van der Waals surface area (Å²) in [6.45, 7) is 1.89. The van der Waals surface area contributed by atoms with Gasteiger partial charge >= 0.3 is 0 Å². The highest BCUT2D eigenvalue weighted by Crippen LogP contribution is 2.18. The van der Waals surface area contributed by atoms with Crippen LogP contribution in [0.5, 0.6) is 5.88 Å². The number of quaternary nitrogens is 1. The molecular weight excluding hydrogens is 166 g/mol. The number of rotatable bonds is 1. The minimum atomic E-state index is 0.720. The molecule has 0 aliphatic carbocycles. The number of hydrogen-bond acceptors (Lipinski definition) is 3. The second-order valence-corrected chi connectivity index (χ2v) is 3.23. The quantitative estimate of drug-likeness (QED) is 0.575. The predicted molar refractivity (Wildman–Crippen MR) is 47.2 cm³/mol. The summed E-state index contributed by atoms with van der Waals surface area (Å²) in [6, 6.07) is 0. The van der Waals surface area contributed by atoms with E-state index >= 15 is 0 Å². The summed E-state index contributed by atoms with van der Waals surface area (Å²) in [4.78, 5) is 9.54. The first-order valence-electron chi connectivity index (χ1n) is 4.34. The third-order valence-electron chi connectivity index (χ3n) is 2.33. The summed E-state index contributed by atoms with van der Waals surface area (Å²) in [7, 11) is 5.61. The molecule has 0 aromatic carbocycles. The van der Waals surface area contributed by atoms with Crippen molar-refractivity contribution < 1.29 is 9.64 Å². The van der Waals surface area contributed by atoms with Gasteiger partial charge in [0.1, 0.15) is 12.0 Å². The standard InChI is InChI=1S/C9H13N3O/c1-12-4-3-7-8(5-12)10-6-11-9(7)13-2/h6,12H,1,3-5H2,2H3. The zero-order chi connectivity index (χ0) is 9.26. The maximum Gasteiger partial charge on any atom is 0.220 e. The fraction of sp³-hybridized carbons (Fsp3) is 0.444. The Bertz CT molecular complexity index is 314. The topological polar surface area (TPSA) is 39.5 Å². The summed E-state index contributed by atoms with van der Waals surface area (Å²) in [6.07, 6.45) is 2.51. The van der Waals surface area contributed by atoms with Crippen LogP contribution in [0.1, 0.15) is 11.3 Å². The van der Waals surface area contributed by atoms with Gasteiger partial charge in [-0.05, 0) is 0 Å². The van der Waals surface area contributed by atoms with Crippen LogP contribution >= 0.6 is 0 Å². The van der Waals surface area contributed by atoms with Crippen molar-refractivity contribution in [2.75, 3.05) is 13.7 Å². The normalized spacial score (nSPS) is 20.9. The Kier molecular flexibility index (Phi) is 2.14. The van der Waals surface area contributed by atoms with Gasteiger partial charge in [-0.25, -0.2) is 9.97 Å². The van der Waals surface area contributed by atoms with Crippen molar-refractivity contribution in [1.29, 1.82) is 0 Å². The molecule has 0 saturated heterocycles. The van der Waals surface area contributed by atoms with Gasteiger partial charge in [0.05, 0.1) is 20.2 Å². The van der Waals surface area contributed by atoms with Gasteiger partial charge in [-0.1, -0.05) is 0 Å². The van der Waals surface area contributed by atoms with E-state index in [2.05, 4.69) is 17.0 Å². The minimum absolute atomic E-state index is 0.720. The summed E-state index contributed by atoms with van der Waals surface area (Å²) >= 11 is 0. The van der Waals surface area contributed by atoms with Crippen molar-refractivity contribution >= 4 is 0 Å². The highest BCUT2D eigenvalue weighted by Gasteiger charge is 2.18. The summed E-state index contributed by atoms with van der Waals surface area (Å²) in [5.41, 5.74) is 2.22. The summed E-state index contributed by atoms with van der Waals surface area (Å²) < 4.78 is 5.17. The molecule has 1 aromatic rings. The average molecular weight is 179 g/mol. The number of nitrogens with zero attached hydrogens (tertiary/aromatic N) is 2. The fourth-order valence-electron chi connectivity index (χ4n) is 1.64. The van der Waals surface area contributed by atoms with Gasteiger partial charge < -0.3 is 9.64 Å². The predicted octanol–water partition coefficient (Wildman–Crippen LogP) is -0.782. The summed E-state index contributed by atoms with van der Waals surface area (Å²) in [5.74, 6) is 0.720. The molecule has 4 heteroatoms. The molecule has 1 aliphatic rings. The number of fused-ring (bicyclic) bond motifs is 1. The summed E-state index contributed by atoms with van der Waals surface area (Å²) in [5, 5.41) is 0. The van der Waals surface area contributed by atoms with E-state index in [4.69, 9.17) is 4.74 Å². The van der Waals surface area contributed by atoms with Crippen LogP contribution in [0.3, 0.4) is 0 Å². The van der Waals surface area contributed by atoms with E-state index in [1.54, 1.807) is 13.4 Å². The number of methoxy groups -OCH3 is 1. The van der Waals surface area contributed by atoms with Crippen LogP contribution in [0.25, 0.3) is 0 Å². The van der Waals surface area contributed by atoms with E-state index in [1.807, 2.05) is 0 Å². The molecule has 0 radical (unpaired) electrons. The molecule has 0 fully saturated rings. The zero-order valence-corrected chi connectivity index (χ0v) is 7.71. The number of nitrogens with one attached hydrogen (secondary N) is 1. The van der Waals surface area contributed by atoms with E-state index in [-0.39, 0.29) is 0 Å². The second kappa shape index (κ2) is 3.30. The molecule has 0 saturated carbocycles. The monoisotopic (exact) mass is 179 g/mol. The third-order valence-corrected chi connectivity index (χ3v) is 2.33. The zero-order valence-electron chi connectivity index (χ0n) is 7.71. The van der Waals surface area contributed by atoms with Gasteiger partial charge in [0.2, 0.25) is 5.88 Å². The van der Waals surface area contributed by atoms with Gasteiger partial charge in [0, 0.05) is 12.0 Å². The lowest BCUT2D eigenvalue weighted by Gasteiger charge is -2.26. The molecule has 2 heterocycles. The average Bonchev–Trinajstić information content (AvgIpc) is 2.16. The molecule has 13 heavy (non-hydrogen) atoms. The molecule has 0 spiro atoms. The maximum atomic E-state index is 5.17. The molecule has 1 N–H and O–H groups in total. The number of ether oxygens (including phenoxy) is 1. The Labute approximate surface area is 77.6 Å². The molecule has 1 aromatic heterocycles. The highest BCUT2D eigenvalue weighted by molar-refractivity contribution is 5.30. The van der Waals surface area contributed by atoms with E-state index in [9.17, 15) is 0 Å². The van der Waals surface area contributed by atoms with Crippen LogP contribution in [-0.2, 0) is 13.0 Å². The fourth-order valence-corrected chi connectivity index (χ4v) is 1.64. The Balaban J connectivity index is 2.39. The largest absolute Gasteiger partial charge is 0.481 e. The molecule has 4 nitrogen and oxygen atoms in total. The Hall–Kier alpha value is -1.16. The Morgan fingerprint density at radius 2 is 2.38 bits per heavy atom. The Morgan fingerprint density at radius 1 is 1.54 bits per heavy atom. The van der Waals surface area contributed by atoms with Crippen LogP contribution in [0, 0.1) is 7.05 Å². The number of aromatic nitrogens is 2. The molecule has 70 valence electrons. The van der Waals surface area contributed by atoms with Crippen LogP contribution in [0.15, 0.2) is 6.33 Å². The van der Waals surface area contributed by atoms with Gasteiger partial charge in [0.25, 0.3) is 0 Å². The third kappa shape index (κ3) is 1.49. The second-order valence-electron chi connectivity index (χ2n) is 3.23. The first kappa shape index (κ1) is 8.44. The lowest BCUT2D eigenvalue weighted by molar-refractivity contribution is -0.870. The van der Waals surface area contributed by atoms with Crippen LogP contribution in [0.2, 0.25) is 0 Å². The van der Waals surface area contributed by atoms with Crippen molar-refractivity contribution in [1.82, 2.24) is 9.97 Å². The lowest BCUT2D eigenvalue weighted by Crippen LogP contribution is -3.06. The van der Waals surface area contributed by atoms with Crippen molar-refractivity contribution in [3.05, 3.63) is 24.6 Å². The van der Waals surface area contributed by atoms with Crippen molar-refractivity contribution in [2.45, 2.75) is 13.0 Å². The first-order chi connectivity index (χ1) is 6.31. The molecule has 2 rings (SSSR count). The van der Waals surface area contributed by atoms with E-state index < -0.39 is 0 Å². The lowest BCUT2D eigenvalue weighted by atomic mass is 10.1. The van der Waals surface area contributed by atoms with Crippen molar-refractivity contribution in [3.63, 3.8) is 0 Å². The smallest absolute Gasteiger partial charge is 0.220 e. The van der Waals surface area contributed by atoms with E-state index in [0.29, 0.717) is 0 Å². The van der Waals surface area contributed by atoms with Gasteiger partial charge in [-0.2, -0.15) is 7.05 Å². The SMILES string of the molecule is [CH2-][NH+]1CCc2c(ncnc2OC)C1. The van der Waals surface area contributed by atoms with Gasteiger partial charge in [-0.15, -0.1) is 0 Å².